The molecule has 0 nitrogen and oxygen atoms in total. The molecule has 0 aromatic carbocycles. The van der Waals surface area contributed by atoms with E-state index in [4.69, 9.17) is 0 Å². The molecule has 0 aromatic rings. The van der Waals surface area contributed by atoms with E-state index in [0.717, 1.165) is 0 Å². The molecule has 0 aromatic heterocycles. The number of hydrogen-bond donors (Lipinski definition) is 0. The topological polar surface area (TPSA) is 0 Å². The van der Waals surface area contributed by atoms with E-state index in [1.807, 2.05) is 0 Å². The number of halogens is 16. The van der Waals surface area contributed by atoms with Crippen LogP contribution in [0.3, 0.4) is 0 Å². The van der Waals surface area contributed by atoms with E-state index >= 15 is 0 Å². The summed E-state index contributed by atoms with van der Waals surface area (Å²) in [5.74, 6) is -26.0. The minimum Gasteiger partial charge on any atom is -0.221 e. The fourth-order valence-electron chi connectivity index (χ4n) is 1.93. The lowest BCUT2D eigenvalue weighted by molar-refractivity contribution is -0.372. The molecule has 0 heterocycles. The van der Waals surface area contributed by atoms with Crippen LogP contribution in [0, 0.1) is 0 Å². The lowest BCUT2D eigenvalue weighted by Gasteiger charge is -2.36. The highest BCUT2D eigenvalue weighted by atomic mass is 19.4. The van der Waals surface area contributed by atoms with Gasteiger partial charge in [-0.05, 0) is 0 Å². The molecule has 1 unspecified atom stereocenters. The Balaban J connectivity index is 4.13. The van der Waals surface area contributed by atoms with Gasteiger partial charge in [-0.3, -0.25) is 0 Å². The van der Waals surface area contributed by atoms with Crippen LogP contribution >= 0.6 is 0 Å². The summed E-state index contributed by atoms with van der Waals surface area (Å²) in [6, 6.07) is 0. The fraction of sp³-hybridized carbons (Fsp3) is 0.600. The van der Waals surface area contributed by atoms with Gasteiger partial charge in [0, 0.05) is 0 Å². The van der Waals surface area contributed by atoms with Gasteiger partial charge < -0.3 is 0 Å². The zero-order valence-electron chi connectivity index (χ0n) is 11.0. The minimum atomic E-state index is -7.90. The van der Waals surface area contributed by atoms with Crippen molar-refractivity contribution in [1.82, 2.24) is 0 Å². The monoisotopic (exact) mass is 424 g/mol. The van der Waals surface area contributed by atoms with Crippen LogP contribution in [0.1, 0.15) is 0 Å². The highest BCUT2D eigenvalue weighted by Gasteiger charge is 2.87. The largest absolute Gasteiger partial charge is 0.457 e. The molecule has 0 aliphatic heterocycles. The lowest BCUT2D eigenvalue weighted by atomic mass is 9.84. The van der Waals surface area contributed by atoms with Crippen LogP contribution in [0.5, 0.6) is 0 Å². The van der Waals surface area contributed by atoms with Crippen LogP contribution in [0.4, 0.5) is 70.2 Å². The van der Waals surface area contributed by atoms with Gasteiger partial charge in [0.15, 0.2) is 5.83 Å². The van der Waals surface area contributed by atoms with E-state index in [9.17, 15) is 70.2 Å². The van der Waals surface area contributed by atoms with Crippen molar-refractivity contribution in [2.45, 2.75) is 35.8 Å². The van der Waals surface area contributed by atoms with Gasteiger partial charge in [-0.1, -0.05) is 0 Å². The molecule has 0 bridgehead atoms. The summed E-state index contributed by atoms with van der Waals surface area (Å²) in [7, 11) is 0. The Morgan fingerprint density at radius 2 is 1.04 bits per heavy atom. The molecular weight excluding hydrogens is 424 g/mol. The number of alkyl halides is 13. The van der Waals surface area contributed by atoms with Crippen LogP contribution < -0.4 is 0 Å². The first-order chi connectivity index (χ1) is 11.1. The smallest absolute Gasteiger partial charge is 0.221 e. The molecule has 1 rings (SSSR count). The molecule has 1 aliphatic carbocycles. The Labute approximate surface area is 130 Å². The van der Waals surface area contributed by atoms with Crippen molar-refractivity contribution in [3.63, 3.8) is 0 Å². The molecule has 1 atom stereocenters. The number of allylic oxidation sites excluding steroid dienone is 3. The molecule has 0 N–H and O–H groups in total. The normalized spacial score (nSPS) is 23.3. The first kappa shape index (κ1) is 22.4. The summed E-state index contributed by atoms with van der Waals surface area (Å²) in [6.45, 7) is 0. The molecule has 0 radical (unpaired) electrons. The van der Waals surface area contributed by atoms with E-state index < -0.39 is 58.8 Å². The Bertz CT molecular complexity index is 653. The van der Waals surface area contributed by atoms with Crippen molar-refractivity contribution in [1.29, 1.82) is 0 Å². The van der Waals surface area contributed by atoms with E-state index in [1.165, 1.54) is 0 Å². The third-order valence-corrected chi connectivity index (χ3v) is 3.17. The highest BCUT2D eigenvalue weighted by Crippen LogP contribution is 2.66. The van der Waals surface area contributed by atoms with E-state index in [0.29, 0.717) is 0 Å². The molecule has 0 fully saturated rings. The molecule has 152 valence electrons. The van der Waals surface area contributed by atoms with Crippen LogP contribution in [0.15, 0.2) is 23.1 Å². The summed E-state index contributed by atoms with van der Waals surface area (Å²) < 4.78 is 204. The van der Waals surface area contributed by atoms with E-state index in [-0.39, 0.29) is 0 Å². The molecule has 1 aliphatic rings. The van der Waals surface area contributed by atoms with Gasteiger partial charge in [0.05, 0.1) is 5.57 Å². The third-order valence-electron chi connectivity index (χ3n) is 3.17. The predicted molar refractivity (Wildman–Crippen MR) is 48.2 cm³/mol. The van der Waals surface area contributed by atoms with Crippen LogP contribution in [0.25, 0.3) is 0 Å². The summed E-state index contributed by atoms with van der Waals surface area (Å²) in [6.07, 6.45) is -19.8. The average Bonchev–Trinajstić information content (AvgIpc) is 2.52. The third kappa shape index (κ3) is 2.46. The maximum Gasteiger partial charge on any atom is 0.457 e. The molecule has 0 saturated carbocycles. The first-order valence-corrected chi connectivity index (χ1v) is 5.52. The summed E-state index contributed by atoms with van der Waals surface area (Å²) >= 11 is 0. The second kappa shape index (κ2) is 5.43. The van der Waals surface area contributed by atoms with E-state index in [2.05, 4.69) is 0 Å². The second-order valence-corrected chi connectivity index (χ2v) is 4.70. The van der Waals surface area contributed by atoms with Crippen LogP contribution in [-0.4, -0.2) is 35.8 Å². The van der Waals surface area contributed by atoms with Gasteiger partial charge >= 0.3 is 35.8 Å². The lowest BCUT2D eigenvalue weighted by Crippen LogP contribution is -2.63. The van der Waals surface area contributed by atoms with Crippen LogP contribution in [-0.2, 0) is 0 Å². The van der Waals surface area contributed by atoms with Crippen molar-refractivity contribution in [2.24, 2.45) is 0 Å². The van der Waals surface area contributed by atoms with Crippen molar-refractivity contribution in [2.75, 3.05) is 0 Å². The molecule has 16 heteroatoms. The molecule has 0 amide bonds. The first-order valence-electron chi connectivity index (χ1n) is 5.52. The Hall–Kier alpha value is -1.64. The minimum absolute atomic E-state index is 4.26. The van der Waals surface area contributed by atoms with Crippen molar-refractivity contribution in [3.8, 4) is 0 Å². The molecule has 26 heavy (non-hydrogen) atoms. The van der Waals surface area contributed by atoms with Gasteiger partial charge in [0.1, 0.15) is 5.57 Å². The zero-order chi connectivity index (χ0) is 21.3. The maximum absolute atomic E-state index is 13.9. The van der Waals surface area contributed by atoms with Gasteiger partial charge in [-0.2, -0.15) is 61.5 Å². The molecule has 0 spiro atoms. The summed E-state index contributed by atoms with van der Waals surface area (Å²) in [5.41, 5.74) is -16.5. The zero-order valence-corrected chi connectivity index (χ0v) is 11.0. The van der Waals surface area contributed by atoms with Crippen molar-refractivity contribution < 1.29 is 70.2 Å². The maximum atomic E-state index is 13.9. The van der Waals surface area contributed by atoms with Gasteiger partial charge in [0.2, 0.25) is 0 Å². The fourth-order valence-corrected chi connectivity index (χ4v) is 1.93. The average molecular weight is 424 g/mol. The Morgan fingerprint density at radius 3 is 1.31 bits per heavy atom. The summed E-state index contributed by atoms with van der Waals surface area (Å²) in [5, 5.41) is 0. The van der Waals surface area contributed by atoms with Crippen LogP contribution in [0.2, 0.25) is 0 Å². The van der Waals surface area contributed by atoms with Gasteiger partial charge in [-0.25, -0.2) is 8.78 Å². The SMILES string of the molecule is FC(F)=C1C(C(F)(C(F)(F)F)C(F)(F)C(F)(F)F)=C(F)C(F)(F)C1(F)F. The van der Waals surface area contributed by atoms with Gasteiger partial charge in [0.25, 0.3) is 6.08 Å². The predicted octanol–water partition coefficient (Wildman–Crippen LogP) is 6.11. The highest BCUT2D eigenvalue weighted by molar-refractivity contribution is 5.57. The quantitative estimate of drug-likeness (QED) is 0.470. The standard InChI is InChI=1S/C10F16/c11-3-1(2(4(12)13)6(15,16)7(3,17)18)5(14,9(21,22)23)8(19,20)10(24,25)26. The number of rotatable bonds is 2. The number of hydrogen-bond acceptors (Lipinski definition) is 0. The Morgan fingerprint density at radius 1 is 0.654 bits per heavy atom. The van der Waals surface area contributed by atoms with Gasteiger partial charge in [-0.15, -0.1) is 0 Å². The van der Waals surface area contributed by atoms with Crippen molar-refractivity contribution in [3.05, 3.63) is 23.1 Å². The molecule has 0 saturated heterocycles. The van der Waals surface area contributed by atoms with E-state index in [1.54, 1.807) is 0 Å². The molecular formula is C10F16. The second-order valence-electron chi connectivity index (χ2n) is 4.70. The van der Waals surface area contributed by atoms with Crippen molar-refractivity contribution >= 4 is 0 Å². The Kier molecular flexibility index (Phi) is 4.68. The summed E-state index contributed by atoms with van der Waals surface area (Å²) in [4.78, 5) is 0.